The fraction of sp³-hybridized carbons (Fsp3) is 0.273. The summed E-state index contributed by atoms with van der Waals surface area (Å²) in [5.41, 5.74) is 2.22. The number of hydrogen-bond acceptors (Lipinski definition) is 5. The third-order valence-electron chi connectivity index (χ3n) is 2.36. The predicted molar refractivity (Wildman–Crippen MR) is 61.4 cm³/mol. The van der Waals surface area contributed by atoms with Crippen LogP contribution in [0.2, 0.25) is 0 Å². The summed E-state index contributed by atoms with van der Waals surface area (Å²) in [5.74, 6) is 0. The zero-order chi connectivity index (χ0) is 11.5. The van der Waals surface area contributed by atoms with Crippen LogP contribution in [-0.2, 0) is 4.89 Å². The van der Waals surface area contributed by atoms with E-state index in [-0.39, 0.29) is 0 Å². The van der Waals surface area contributed by atoms with Crippen molar-refractivity contribution in [1.82, 2.24) is 5.12 Å². The van der Waals surface area contributed by atoms with E-state index in [1.54, 1.807) is 14.0 Å². The van der Waals surface area contributed by atoms with Crippen LogP contribution in [0.15, 0.2) is 40.5 Å². The summed E-state index contributed by atoms with van der Waals surface area (Å²) in [6.45, 7) is 1.79. The van der Waals surface area contributed by atoms with Crippen molar-refractivity contribution in [1.29, 1.82) is 0 Å². The molecule has 84 valence electrons. The maximum absolute atomic E-state index is 8.90. The monoisotopic (exact) mass is 219 g/mol. The van der Waals surface area contributed by atoms with E-state index in [9.17, 15) is 0 Å². The van der Waals surface area contributed by atoms with Gasteiger partial charge in [0.1, 0.15) is 5.71 Å². The molecule has 0 radical (unpaired) electrons. The Kier molecular flexibility index (Phi) is 2.98. The Morgan fingerprint density at radius 3 is 2.56 bits per heavy atom. The summed E-state index contributed by atoms with van der Waals surface area (Å²) < 4.78 is 0. The molecule has 0 aromatic heterocycles. The number of rotatable bonds is 2. The third-order valence-corrected chi connectivity index (χ3v) is 2.36. The summed E-state index contributed by atoms with van der Waals surface area (Å²) in [6, 6.07) is 9.57. The molecule has 0 bridgehead atoms. The van der Waals surface area contributed by atoms with Gasteiger partial charge in [0.25, 0.3) is 0 Å². The van der Waals surface area contributed by atoms with Gasteiger partial charge in [-0.05, 0) is 6.92 Å². The summed E-state index contributed by atoms with van der Waals surface area (Å²) in [7, 11) is 1.74. The molecule has 2 rings (SSSR count). The van der Waals surface area contributed by atoms with Crippen LogP contribution < -0.4 is 0 Å². The van der Waals surface area contributed by atoms with Crippen LogP contribution in [0.3, 0.4) is 0 Å². The SMILES string of the molecule is CC1=NN(C)N=C(c2ccccc2)C1OO. The normalized spacial score (nSPS) is 20.4. The lowest BCUT2D eigenvalue weighted by molar-refractivity contribution is -0.244. The van der Waals surface area contributed by atoms with Crippen molar-refractivity contribution in [2.45, 2.75) is 13.0 Å². The van der Waals surface area contributed by atoms with E-state index in [2.05, 4.69) is 15.1 Å². The largest absolute Gasteiger partial charge is 0.251 e. The van der Waals surface area contributed by atoms with E-state index in [0.29, 0.717) is 11.4 Å². The van der Waals surface area contributed by atoms with Crippen LogP contribution in [0, 0.1) is 0 Å². The minimum atomic E-state index is -0.599. The van der Waals surface area contributed by atoms with Crippen LogP contribution in [0.5, 0.6) is 0 Å². The van der Waals surface area contributed by atoms with Gasteiger partial charge in [-0.3, -0.25) is 5.26 Å². The number of hydrogen-bond donors (Lipinski definition) is 1. The molecule has 1 N–H and O–H groups in total. The molecule has 1 atom stereocenters. The van der Waals surface area contributed by atoms with Gasteiger partial charge in [0.2, 0.25) is 0 Å². The highest BCUT2D eigenvalue weighted by Gasteiger charge is 2.26. The summed E-state index contributed by atoms with van der Waals surface area (Å²) in [5, 5.41) is 18.7. The van der Waals surface area contributed by atoms with Gasteiger partial charge in [-0.25, -0.2) is 4.89 Å². The maximum atomic E-state index is 8.90. The quantitative estimate of drug-likeness (QED) is 0.606. The molecule has 1 heterocycles. The molecule has 0 saturated heterocycles. The molecule has 0 aliphatic carbocycles. The first-order valence-electron chi connectivity index (χ1n) is 4.95. The number of hydrazone groups is 2. The van der Waals surface area contributed by atoms with E-state index in [4.69, 9.17) is 5.26 Å². The van der Waals surface area contributed by atoms with Gasteiger partial charge < -0.3 is 0 Å². The smallest absolute Gasteiger partial charge is 0.176 e. The van der Waals surface area contributed by atoms with Crippen molar-refractivity contribution >= 4 is 11.4 Å². The van der Waals surface area contributed by atoms with Gasteiger partial charge in [0.15, 0.2) is 6.10 Å². The molecule has 0 amide bonds. The first-order valence-corrected chi connectivity index (χ1v) is 4.95. The molecule has 1 aliphatic heterocycles. The molecule has 1 aromatic rings. The number of nitrogens with zero attached hydrogens (tertiary/aromatic N) is 3. The zero-order valence-corrected chi connectivity index (χ0v) is 9.16. The Morgan fingerprint density at radius 1 is 1.25 bits per heavy atom. The van der Waals surface area contributed by atoms with Gasteiger partial charge in [0.05, 0.1) is 5.71 Å². The van der Waals surface area contributed by atoms with E-state index >= 15 is 0 Å². The van der Waals surface area contributed by atoms with Crippen molar-refractivity contribution in [3.05, 3.63) is 35.9 Å². The minimum absolute atomic E-state index is 0.599. The van der Waals surface area contributed by atoms with E-state index in [1.807, 2.05) is 30.3 Å². The van der Waals surface area contributed by atoms with Gasteiger partial charge in [-0.2, -0.15) is 15.3 Å². The molecule has 1 unspecified atom stereocenters. The molecule has 1 aliphatic rings. The lowest BCUT2D eigenvalue weighted by atomic mass is 10.0. The molecule has 0 fully saturated rings. The molecule has 16 heavy (non-hydrogen) atoms. The average molecular weight is 219 g/mol. The van der Waals surface area contributed by atoms with Crippen molar-refractivity contribution in [3.63, 3.8) is 0 Å². The summed E-state index contributed by atoms with van der Waals surface area (Å²) >= 11 is 0. The molecular weight excluding hydrogens is 206 g/mol. The lowest BCUT2D eigenvalue weighted by Crippen LogP contribution is -2.37. The topological polar surface area (TPSA) is 57.4 Å². The molecule has 0 spiro atoms. The molecule has 5 heteroatoms. The van der Waals surface area contributed by atoms with Crippen LogP contribution in [0.4, 0.5) is 0 Å². The Morgan fingerprint density at radius 2 is 1.94 bits per heavy atom. The zero-order valence-electron chi connectivity index (χ0n) is 9.16. The lowest BCUT2D eigenvalue weighted by Gasteiger charge is -2.23. The highest BCUT2D eigenvalue weighted by molar-refractivity contribution is 6.17. The van der Waals surface area contributed by atoms with Crippen molar-refractivity contribution in [2.24, 2.45) is 10.2 Å². The molecule has 0 saturated carbocycles. The Bertz CT molecular complexity index is 428. The van der Waals surface area contributed by atoms with Gasteiger partial charge >= 0.3 is 0 Å². The molecular formula is C11H13N3O2. The van der Waals surface area contributed by atoms with E-state index in [1.165, 1.54) is 5.12 Å². The second-order valence-electron chi connectivity index (χ2n) is 3.57. The van der Waals surface area contributed by atoms with Crippen molar-refractivity contribution < 1.29 is 10.1 Å². The van der Waals surface area contributed by atoms with Crippen LogP contribution >= 0.6 is 0 Å². The number of benzene rings is 1. The Hall–Kier alpha value is -1.72. The van der Waals surface area contributed by atoms with Crippen LogP contribution in [0.25, 0.3) is 0 Å². The Labute approximate surface area is 93.6 Å². The fourth-order valence-corrected chi connectivity index (χ4v) is 1.65. The molecule has 5 nitrogen and oxygen atoms in total. The standard InChI is InChI=1S/C11H13N3O2/c1-8-11(16-15)10(13-14(2)12-8)9-6-4-3-5-7-9/h3-7,11,15H,1-2H3. The first-order chi connectivity index (χ1) is 7.72. The van der Waals surface area contributed by atoms with E-state index < -0.39 is 6.10 Å². The highest BCUT2D eigenvalue weighted by atomic mass is 17.1. The van der Waals surface area contributed by atoms with Crippen molar-refractivity contribution in [3.8, 4) is 0 Å². The second kappa shape index (κ2) is 4.42. The van der Waals surface area contributed by atoms with Crippen LogP contribution in [0.1, 0.15) is 12.5 Å². The van der Waals surface area contributed by atoms with Gasteiger partial charge in [-0.15, -0.1) is 0 Å². The average Bonchev–Trinajstić information content (AvgIpc) is 2.29. The maximum Gasteiger partial charge on any atom is 0.176 e. The van der Waals surface area contributed by atoms with Crippen LogP contribution in [-0.4, -0.2) is 35.0 Å². The van der Waals surface area contributed by atoms with Gasteiger partial charge in [-0.1, -0.05) is 30.3 Å². The van der Waals surface area contributed by atoms with Gasteiger partial charge in [0, 0.05) is 12.6 Å². The summed E-state index contributed by atoms with van der Waals surface area (Å²) in [4.78, 5) is 4.43. The molecule has 1 aromatic carbocycles. The van der Waals surface area contributed by atoms with E-state index in [0.717, 1.165) is 5.56 Å². The Balaban J connectivity index is 2.39. The first kappa shape index (κ1) is 10.8. The fourth-order valence-electron chi connectivity index (χ4n) is 1.65. The second-order valence-corrected chi connectivity index (χ2v) is 3.57. The summed E-state index contributed by atoms with van der Waals surface area (Å²) in [6.07, 6.45) is -0.599. The minimum Gasteiger partial charge on any atom is -0.251 e. The predicted octanol–water partition coefficient (Wildman–Crippen LogP) is 1.57. The third kappa shape index (κ3) is 1.95. The highest BCUT2D eigenvalue weighted by Crippen LogP contribution is 2.14. The van der Waals surface area contributed by atoms with Crippen molar-refractivity contribution in [2.75, 3.05) is 7.05 Å².